The maximum atomic E-state index is 11.3. The van der Waals surface area contributed by atoms with Crippen LogP contribution in [0.3, 0.4) is 0 Å². The molecule has 0 atom stereocenters. The SMILES string of the molecule is CC(=O)N1CCN(Cc2ccccc2C=CC(=O)O)CC1. The molecule has 21 heavy (non-hydrogen) atoms. The summed E-state index contributed by atoms with van der Waals surface area (Å²) in [4.78, 5) is 26.1. The molecule has 1 aromatic rings. The summed E-state index contributed by atoms with van der Waals surface area (Å²) in [5.74, 6) is -0.820. The Labute approximate surface area is 124 Å². The van der Waals surface area contributed by atoms with E-state index in [2.05, 4.69) is 4.90 Å². The molecule has 0 aliphatic carbocycles. The number of piperazine rings is 1. The van der Waals surface area contributed by atoms with Gasteiger partial charge in [-0.15, -0.1) is 0 Å². The minimum absolute atomic E-state index is 0.124. The van der Waals surface area contributed by atoms with E-state index in [0.29, 0.717) is 0 Å². The molecule has 0 bridgehead atoms. The molecular weight excluding hydrogens is 268 g/mol. The summed E-state index contributed by atoms with van der Waals surface area (Å²) >= 11 is 0. The van der Waals surface area contributed by atoms with E-state index >= 15 is 0 Å². The summed E-state index contributed by atoms with van der Waals surface area (Å²) < 4.78 is 0. The van der Waals surface area contributed by atoms with Gasteiger partial charge in [-0.1, -0.05) is 24.3 Å². The fourth-order valence-corrected chi connectivity index (χ4v) is 2.46. The molecule has 0 radical (unpaired) electrons. The molecule has 5 nitrogen and oxygen atoms in total. The van der Waals surface area contributed by atoms with E-state index in [0.717, 1.165) is 49.9 Å². The van der Waals surface area contributed by atoms with Crippen LogP contribution in [-0.2, 0) is 16.1 Å². The summed E-state index contributed by atoms with van der Waals surface area (Å²) in [5, 5.41) is 8.73. The molecule has 0 saturated carbocycles. The van der Waals surface area contributed by atoms with E-state index in [-0.39, 0.29) is 5.91 Å². The van der Waals surface area contributed by atoms with Gasteiger partial charge < -0.3 is 10.0 Å². The van der Waals surface area contributed by atoms with Gasteiger partial charge in [-0.25, -0.2) is 4.79 Å². The lowest BCUT2D eigenvalue weighted by atomic mass is 10.1. The first kappa shape index (κ1) is 15.3. The van der Waals surface area contributed by atoms with Crippen molar-refractivity contribution in [2.24, 2.45) is 0 Å². The Kier molecular flexibility index (Phi) is 5.11. The summed E-state index contributed by atoms with van der Waals surface area (Å²) in [6, 6.07) is 7.79. The molecule has 1 aliphatic rings. The normalized spacial score (nSPS) is 16.3. The summed E-state index contributed by atoms with van der Waals surface area (Å²) in [6.45, 7) is 5.56. The van der Waals surface area contributed by atoms with Crippen molar-refractivity contribution >= 4 is 18.0 Å². The van der Waals surface area contributed by atoms with Crippen LogP contribution in [0.25, 0.3) is 6.08 Å². The molecule has 1 fully saturated rings. The van der Waals surface area contributed by atoms with Gasteiger partial charge in [0.25, 0.3) is 0 Å². The number of nitrogens with zero attached hydrogens (tertiary/aromatic N) is 2. The van der Waals surface area contributed by atoms with Gasteiger partial charge in [0.05, 0.1) is 0 Å². The molecule has 1 N–H and O–H groups in total. The molecular formula is C16H20N2O3. The number of rotatable bonds is 4. The fraction of sp³-hybridized carbons (Fsp3) is 0.375. The van der Waals surface area contributed by atoms with E-state index in [9.17, 15) is 9.59 Å². The summed E-state index contributed by atoms with van der Waals surface area (Å²) in [5.41, 5.74) is 2.03. The van der Waals surface area contributed by atoms with Crippen LogP contribution in [0.2, 0.25) is 0 Å². The van der Waals surface area contributed by atoms with Crippen LogP contribution in [0.15, 0.2) is 30.3 Å². The molecule has 5 heteroatoms. The van der Waals surface area contributed by atoms with E-state index in [1.807, 2.05) is 29.2 Å². The molecule has 1 aliphatic heterocycles. The van der Waals surface area contributed by atoms with Crippen molar-refractivity contribution in [1.82, 2.24) is 9.80 Å². The fourth-order valence-electron chi connectivity index (χ4n) is 2.46. The van der Waals surface area contributed by atoms with E-state index < -0.39 is 5.97 Å². The molecule has 1 saturated heterocycles. The van der Waals surface area contributed by atoms with Gasteiger partial charge in [-0.2, -0.15) is 0 Å². The molecule has 1 heterocycles. The number of hydrogen-bond donors (Lipinski definition) is 1. The second kappa shape index (κ2) is 7.04. The Morgan fingerprint density at radius 3 is 2.48 bits per heavy atom. The molecule has 2 rings (SSSR count). The Morgan fingerprint density at radius 1 is 1.19 bits per heavy atom. The van der Waals surface area contributed by atoms with Crippen molar-refractivity contribution in [2.45, 2.75) is 13.5 Å². The van der Waals surface area contributed by atoms with Gasteiger partial charge >= 0.3 is 5.97 Å². The summed E-state index contributed by atoms with van der Waals surface area (Å²) in [6.07, 6.45) is 2.79. The largest absolute Gasteiger partial charge is 0.478 e. The topological polar surface area (TPSA) is 60.9 Å². The predicted octanol–water partition coefficient (Wildman–Crippen LogP) is 1.45. The number of carboxylic acids is 1. The van der Waals surface area contributed by atoms with Crippen LogP contribution in [0.1, 0.15) is 18.1 Å². The van der Waals surface area contributed by atoms with E-state index in [1.54, 1.807) is 13.0 Å². The molecule has 112 valence electrons. The Morgan fingerprint density at radius 2 is 1.86 bits per heavy atom. The second-order valence-electron chi connectivity index (χ2n) is 5.15. The highest BCUT2D eigenvalue weighted by atomic mass is 16.4. The number of benzene rings is 1. The lowest BCUT2D eigenvalue weighted by molar-refractivity contribution is -0.131. The predicted molar refractivity (Wildman–Crippen MR) is 80.6 cm³/mol. The van der Waals surface area contributed by atoms with Gasteiger partial charge in [0.1, 0.15) is 0 Å². The minimum atomic E-state index is -0.945. The van der Waals surface area contributed by atoms with Crippen molar-refractivity contribution < 1.29 is 14.7 Å². The zero-order valence-corrected chi connectivity index (χ0v) is 12.2. The van der Waals surface area contributed by atoms with Gasteiger partial charge in [-0.3, -0.25) is 9.69 Å². The van der Waals surface area contributed by atoms with Gasteiger partial charge in [0.2, 0.25) is 5.91 Å². The summed E-state index contributed by atoms with van der Waals surface area (Å²) in [7, 11) is 0. The van der Waals surface area contributed by atoms with Crippen LogP contribution < -0.4 is 0 Å². The van der Waals surface area contributed by atoms with Crippen molar-refractivity contribution in [3.8, 4) is 0 Å². The number of carboxylic acid groups (broad SMARTS) is 1. The zero-order chi connectivity index (χ0) is 15.2. The third-order valence-electron chi connectivity index (χ3n) is 3.67. The number of hydrogen-bond acceptors (Lipinski definition) is 3. The number of amides is 1. The first-order valence-corrected chi connectivity index (χ1v) is 7.03. The van der Waals surface area contributed by atoms with Crippen molar-refractivity contribution in [1.29, 1.82) is 0 Å². The third kappa shape index (κ3) is 4.43. The minimum Gasteiger partial charge on any atom is -0.478 e. The quantitative estimate of drug-likeness (QED) is 0.852. The van der Waals surface area contributed by atoms with Gasteiger partial charge in [0, 0.05) is 45.7 Å². The Bertz CT molecular complexity index is 546. The third-order valence-corrected chi connectivity index (χ3v) is 3.67. The lowest BCUT2D eigenvalue weighted by Gasteiger charge is -2.34. The van der Waals surface area contributed by atoms with Crippen LogP contribution in [-0.4, -0.2) is 53.0 Å². The van der Waals surface area contributed by atoms with Crippen molar-refractivity contribution in [3.63, 3.8) is 0 Å². The molecule has 1 aromatic carbocycles. The standard InChI is InChI=1S/C16H20N2O3/c1-13(19)18-10-8-17(9-11-18)12-15-5-3-2-4-14(15)6-7-16(20)21/h2-7H,8-12H2,1H3,(H,20,21). The maximum absolute atomic E-state index is 11.3. The average molecular weight is 288 g/mol. The average Bonchev–Trinajstić information content (AvgIpc) is 2.47. The Hall–Kier alpha value is -2.14. The van der Waals surface area contributed by atoms with Gasteiger partial charge in [0.15, 0.2) is 0 Å². The highest BCUT2D eigenvalue weighted by Crippen LogP contribution is 2.15. The maximum Gasteiger partial charge on any atom is 0.328 e. The Balaban J connectivity index is 2.00. The molecule has 1 amide bonds. The number of carbonyl (C=O) groups is 2. The van der Waals surface area contributed by atoms with E-state index in [4.69, 9.17) is 5.11 Å². The highest BCUT2D eigenvalue weighted by molar-refractivity contribution is 5.85. The van der Waals surface area contributed by atoms with Crippen molar-refractivity contribution in [2.75, 3.05) is 26.2 Å². The van der Waals surface area contributed by atoms with Crippen LogP contribution in [0.5, 0.6) is 0 Å². The lowest BCUT2D eigenvalue weighted by Crippen LogP contribution is -2.47. The van der Waals surface area contributed by atoms with Crippen LogP contribution >= 0.6 is 0 Å². The van der Waals surface area contributed by atoms with Crippen LogP contribution in [0.4, 0.5) is 0 Å². The van der Waals surface area contributed by atoms with Crippen molar-refractivity contribution in [3.05, 3.63) is 41.5 Å². The second-order valence-corrected chi connectivity index (χ2v) is 5.15. The molecule has 0 spiro atoms. The first-order valence-electron chi connectivity index (χ1n) is 7.03. The molecule has 0 unspecified atom stereocenters. The monoisotopic (exact) mass is 288 g/mol. The van der Waals surface area contributed by atoms with Crippen LogP contribution in [0, 0.1) is 0 Å². The molecule has 0 aromatic heterocycles. The first-order chi connectivity index (χ1) is 10.1. The van der Waals surface area contributed by atoms with Gasteiger partial charge in [-0.05, 0) is 17.2 Å². The number of carbonyl (C=O) groups excluding carboxylic acids is 1. The number of aliphatic carboxylic acids is 1. The highest BCUT2D eigenvalue weighted by Gasteiger charge is 2.18. The smallest absolute Gasteiger partial charge is 0.328 e. The zero-order valence-electron chi connectivity index (χ0n) is 12.2. The van der Waals surface area contributed by atoms with E-state index in [1.165, 1.54) is 0 Å².